The first-order valence-corrected chi connectivity index (χ1v) is 5.17. The summed E-state index contributed by atoms with van der Waals surface area (Å²) in [4.78, 5) is 4.11. The number of rotatable bonds is 3. The predicted octanol–water partition coefficient (Wildman–Crippen LogP) is 1.42. The van der Waals surface area contributed by atoms with E-state index in [2.05, 4.69) is 20.5 Å². The maximum Gasteiger partial charge on any atom is 0.166 e. The first-order chi connectivity index (χ1) is 7.40. The van der Waals surface area contributed by atoms with E-state index in [0.717, 1.165) is 5.69 Å². The molecule has 0 saturated heterocycles. The Balaban J connectivity index is 2.08. The van der Waals surface area contributed by atoms with Gasteiger partial charge in [0.1, 0.15) is 6.07 Å². The first-order valence-electron chi connectivity index (χ1n) is 4.23. The largest absolute Gasteiger partial charge is 0.362 e. The highest BCUT2D eigenvalue weighted by atomic mass is 32.1. The summed E-state index contributed by atoms with van der Waals surface area (Å²) in [6, 6.07) is 3.66. The molecule has 0 aliphatic carbocycles. The standard InChI is InChI=1S/C9H7N5S/c10-3-7-1-2-13-14-9(7)11-4-8-5-15-6-12-8/h1-2,5-6H,4H2,(H,11,14). The van der Waals surface area contributed by atoms with Gasteiger partial charge >= 0.3 is 0 Å². The van der Waals surface area contributed by atoms with Crippen molar-refractivity contribution >= 4 is 17.2 Å². The highest BCUT2D eigenvalue weighted by Gasteiger charge is 2.02. The van der Waals surface area contributed by atoms with Crippen LogP contribution < -0.4 is 5.32 Å². The Kier molecular flexibility index (Phi) is 2.85. The van der Waals surface area contributed by atoms with Crippen molar-refractivity contribution in [3.05, 3.63) is 34.4 Å². The van der Waals surface area contributed by atoms with Crippen LogP contribution in [0, 0.1) is 11.3 Å². The fraction of sp³-hybridized carbons (Fsp3) is 0.111. The maximum atomic E-state index is 8.80. The van der Waals surface area contributed by atoms with Gasteiger partial charge in [-0.25, -0.2) is 4.98 Å². The van der Waals surface area contributed by atoms with Crippen LogP contribution in [0.5, 0.6) is 0 Å². The van der Waals surface area contributed by atoms with E-state index in [1.807, 2.05) is 11.4 Å². The molecule has 0 bridgehead atoms. The normalized spacial score (nSPS) is 9.53. The van der Waals surface area contributed by atoms with Crippen molar-refractivity contribution in [2.24, 2.45) is 0 Å². The van der Waals surface area contributed by atoms with Crippen molar-refractivity contribution in [1.29, 1.82) is 5.26 Å². The average molecular weight is 217 g/mol. The van der Waals surface area contributed by atoms with Crippen molar-refractivity contribution in [3.63, 3.8) is 0 Å². The topological polar surface area (TPSA) is 74.5 Å². The van der Waals surface area contributed by atoms with E-state index in [1.165, 1.54) is 17.5 Å². The van der Waals surface area contributed by atoms with E-state index in [4.69, 9.17) is 5.26 Å². The second-order valence-electron chi connectivity index (χ2n) is 2.74. The highest BCUT2D eigenvalue weighted by molar-refractivity contribution is 7.07. The summed E-state index contributed by atoms with van der Waals surface area (Å²) >= 11 is 1.53. The maximum absolute atomic E-state index is 8.80. The lowest BCUT2D eigenvalue weighted by Crippen LogP contribution is -2.04. The fourth-order valence-electron chi connectivity index (χ4n) is 1.05. The lowest BCUT2D eigenvalue weighted by atomic mass is 10.3. The lowest BCUT2D eigenvalue weighted by molar-refractivity contribution is 0.980. The van der Waals surface area contributed by atoms with Gasteiger partial charge < -0.3 is 5.32 Å². The molecule has 5 nitrogen and oxygen atoms in total. The minimum atomic E-state index is 0.486. The second-order valence-corrected chi connectivity index (χ2v) is 3.46. The summed E-state index contributed by atoms with van der Waals surface area (Å²) in [6.45, 7) is 0.552. The molecule has 0 fully saturated rings. The molecule has 0 aromatic carbocycles. The molecule has 0 aliphatic rings. The van der Waals surface area contributed by atoms with Gasteiger partial charge in [-0.3, -0.25) is 0 Å². The van der Waals surface area contributed by atoms with Gasteiger partial charge in [-0.2, -0.15) is 10.4 Å². The number of aromatic nitrogens is 3. The average Bonchev–Trinajstić information content (AvgIpc) is 2.79. The number of nitriles is 1. The van der Waals surface area contributed by atoms with E-state index < -0.39 is 0 Å². The Morgan fingerprint density at radius 2 is 2.47 bits per heavy atom. The van der Waals surface area contributed by atoms with E-state index >= 15 is 0 Å². The van der Waals surface area contributed by atoms with Crippen molar-refractivity contribution in [3.8, 4) is 6.07 Å². The summed E-state index contributed by atoms with van der Waals surface area (Å²) in [5, 5.41) is 21.3. The Hall–Kier alpha value is -2.00. The van der Waals surface area contributed by atoms with Crippen LogP contribution in [0.15, 0.2) is 23.2 Å². The van der Waals surface area contributed by atoms with Gasteiger partial charge in [-0.05, 0) is 6.07 Å². The van der Waals surface area contributed by atoms with Gasteiger partial charge in [0.2, 0.25) is 0 Å². The third-order valence-electron chi connectivity index (χ3n) is 1.76. The van der Waals surface area contributed by atoms with Crippen LogP contribution in [-0.2, 0) is 6.54 Å². The number of thiazole rings is 1. The van der Waals surface area contributed by atoms with Gasteiger partial charge in [0.25, 0.3) is 0 Å². The van der Waals surface area contributed by atoms with Crippen LogP contribution >= 0.6 is 11.3 Å². The Morgan fingerprint density at radius 1 is 1.53 bits per heavy atom. The Bertz CT molecular complexity index is 473. The molecular formula is C9H7N5S. The van der Waals surface area contributed by atoms with Gasteiger partial charge in [0.15, 0.2) is 5.82 Å². The van der Waals surface area contributed by atoms with Crippen LogP contribution in [0.4, 0.5) is 5.82 Å². The van der Waals surface area contributed by atoms with Crippen LogP contribution in [0.2, 0.25) is 0 Å². The van der Waals surface area contributed by atoms with Crippen molar-refractivity contribution in [2.75, 3.05) is 5.32 Å². The molecule has 1 N–H and O–H groups in total. The zero-order valence-electron chi connectivity index (χ0n) is 7.71. The number of hydrogen-bond donors (Lipinski definition) is 1. The van der Waals surface area contributed by atoms with E-state index in [-0.39, 0.29) is 0 Å². The van der Waals surface area contributed by atoms with Crippen molar-refractivity contribution in [2.45, 2.75) is 6.54 Å². The zero-order valence-corrected chi connectivity index (χ0v) is 8.53. The monoisotopic (exact) mass is 217 g/mol. The molecule has 0 radical (unpaired) electrons. The molecule has 6 heteroatoms. The molecular weight excluding hydrogens is 210 g/mol. The molecule has 0 amide bonds. The summed E-state index contributed by atoms with van der Waals surface area (Å²) in [7, 11) is 0. The van der Waals surface area contributed by atoms with Gasteiger partial charge in [0.05, 0.1) is 29.5 Å². The second kappa shape index (κ2) is 4.48. The molecule has 0 spiro atoms. The Labute approximate surface area is 90.4 Å². The molecule has 2 rings (SSSR count). The summed E-state index contributed by atoms with van der Waals surface area (Å²) in [6.07, 6.45) is 1.49. The molecule has 0 saturated carbocycles. The van der Waals surface area contributed by atoms with Gasteiger partial charge in [-0.15, -0.1) is 16.4 Å². The third kappa shape index (κ3) is 2.27. The fourth-order valence-corrected chi connectivity index (χ4v) is 1.61. The van der Waals surface area contributed by atoms with Gasteiger partial charge in [0, 0.05) is 5.38 Å². The number of anilines is 1. The minimum absolute atomic E-state index is 0.486. The van der Waals surface area contributed by atoms with Gasteiger partial charge in [-0.1, -0.05) is 0 Å². The number of hydrogen-bond acceptors (Lipinski definition) is 6. The molecule has 0 unspecified atom stereocenters. The van der Waals surface area contributed by atoms with Crippen molar-refractivity contribution < 1.29 is 0 Å². The molecule has 2 aromatic rings. The quantitative estimate of drug-likeness (QED) is 0.841. The van der Waals surface area contributed by atoms with Crippen molar-refractivity contribution in [1.82, 2.24) is 15.2 Å². The molecule has 0 aliphatic heterocycles. The Morgan fingerprint density at radius 3 is 3.20 bits per heavy atom. The SMILES string of the molecule is N#Cc1ccnnc1NCc1cscn1. The zero-order chi connectivity index (χ0) is 10.5. The molecule has 74 valence electrons. The van der Waals surface area contributed by atoms with Crippen LogP contribution in [0.25, 0.3) is 0 Å². The highest BCUT2D eigenvalue weighted by Crippen LogP contribution is 2.10. The van der Waals surface area contributed by atoms with E-state index in [1.54, 1.807) is 11.6 Å². The molecule has 2 aromatic heterocycles. The predicted molar refractivity (Wildman–Crippen MR) is 56.2 cm³/mol. The summed E-state index contributed by atoms with van der Waals surface area (Å²) in [5.41, 5.74) is 3.17. The minimum Gasteiger partial charge on any atom is -0.362 e. The molecule has 0 atom stereocenters. The first kappa shape index (κ1) is 9.55. The molecule has 2 heterocycles. The molecule has 15 heavy (non-hydrogen) atoms. The van der Waals surface area contributed by atoms with Crippen LogP contribution in [0.3, 0.4) is 0 Å². The third-order valence-corrected chi connectivity index (χ3v) is 2.40. The lowest BCUT2D eigenvalue weighted by Gasteiger charge is -2.03. The van der Waals surface area contributed by atoms with E-state index in [0.29, 0.717) is 17.9 Å². The summed E-state index contributed by atoms with van der Waals surface area (Å²) in [5.74, 6) is 0.494. The number of nitrogens with one attached hydrogen (secondary N) is 1. The smallest absolute Gasteiger partial charge is 0.166 e. The van der Waals surface area contributed by atoms with Crippen LogP contribution in [0.1, 0.15) is 11.3 Å². The summed E-state index contributed by atoms with van der Waals surface area (Å²) < 4.78 is 0. The van der Waals surface area contributed by atoms with Crippen LogP contribution in [-0.4, -0.2) is 15.2 Å². The number of nitrogens with zero attached hydrogens (tertiary/aromatic N) is 4. The van der Waals surface area contributed by atoms with E-state index in [9.17, 15) is 0 Å².